The Labute approximate surface area is 204 Å². The number of hydrogen-bond donors (Lipinski definition) is 1. The molecular formula is C28H28N4O3. The van der Waals surface area contributed by atoms with Crippen LogP contribution in [0.25, 0.3) is 22.2 Å². The molecule has 3 heterocycles. The summed E-state index contributed by atoms with van der Waals surface area (Å²) in [6.07, 6.45) is 1.88. The highest BCUT2D eigenvalue weighted by Gasteiger charge is 2.20. The minimum absolute atomic E-state index is 0.306. The van der Waals surface area contributed by atoms with E-state index in [2.05, 4.69) is 39.0 Å². The van der Waals surface area contributed by atoms with Gasteiger partial charge in [-0.2, -0.15) is 0 Å². The van der Waals surface area contributed by atoms with E-state index in [1.807, 2.05) is 44.3 Å². The predicted molar refractivity (Wildman–Crippen MR) is 136 cm³/mol. The van der Waals surface area contributed by atoms with Gasteiger partial charge in [-0.05, 0) is 78.1 Å². The van der Waals surface area contributed by atoms with Crippen LogP contribution in [0.15, 0.2) is 54.7 Å². The number of aryl methyl sites for hydroxylation is 2. The van der Waals surface area contributed by atoms with Crippen LogP contribution in [0.4, 0.5) is 5.82 Å². The van der Waals surface area contributed by atoms with Crippen molar-refractivity contribution in [1.29, 1.82) is 0 Å². The lowest BCUT2D eigenvalue weighted by Crippen LogP contribution is -2.46. The molecule has 7 nitrogen and oxygen atoms in total. The molecule has 1 saturated heterocycles. The average molecular weight is 469 g/mol. The summed E-state index contributed by atoms with van der Waals surface area (Å²) in [5.41, 5.74) is 6.89. The van der Waals surface area contributed by atoms with E-state index in [9.17, 15) is 5.11 Å². The second kappa shape index (κ2) is 8.74. The SMILES string of the molecule is Cc1cc(-c2ccc3ncc(N4CCN(Cc5ccc6c(c5)OCO6)CC4)nc3c2)cc(C)c1O. The predicted octanol–water partition coefficient (Wildman–Crippen LogP) is 4.67. The molecule has 0 unspecified atom stereocenters. The van der Waals surface area contributed by atoms with Gasteiger partial charge in [0, 0.05) is 32.7 Å². The second-order valence-corrected chi connectivity index (χ2v) is 9.34. The van der Waals surface area contributed by atoms with Gasteiger partial charge in [-0.25, -0.2) is 4.98 Å². The number of hydrogen-bond acceptors (Lipinski definition) is 7. The third-order valence-electron chi connectivity index (χ3n) is 6.89. The standard InChI is InChI=1S/C28H28N4O3/c1-18-11-22(12-19(2)28(18)33)21-4-5-23-24(14-21)30-27(15-29-23)32-9-7-31(8-10-32)16-20-3-6-25-26(13-20)35-17-34-25/h3-6,11-15,33H,7-10,16-17H2,1-2H3. The van der Waals surface area contributed by atoms with Gasteiger partial charge < -0.3 is 19.5 Å². The van der Waals surface area contributed by atoms with Crippen molar-refractivity contribution in [3.8, 4) is 28.4 Å². The Kier molecular flexibility index (Phi) is 5.41. The fourth-order valence-corrected chi connectivity index (χ4v) is 4.89. The van der Waals surface area contributed by atoms with Crippen molar-refractivity contribution < 1.29 is 14.6 Å². The smallest absolute Gasteiger partial charge is 0.231 e. The number of benzene rings is 3. The molecule has 1 N–H and O–H groups in total. The Hall–Kier alpha value is -3.84. The Morgan fingerprint density at radius 3 is 2.40 bits per heavy atom. The fourth-order valence-electron chi connectivity index (χ4n) is 4.89. The van der Waals surface area contributed by atoms with Crippen molar-refractivity contribution >= 4 is 16.9 Å². The van der Waals surface area contributed by atoms with Gasteiger partial charge in [0.1, 0.15) is 11.6 Å². The van der Waals surface area contributed by atoms with Crippen molar-refractivity contribution in [3.63, 3.8) is 0 Å². The molecule has 0 aliphatic carbocycles. The molecule has 7 heteroatoms. The molecule has 1 aromatic heterocycles. The first-order chi connectivity index (χ1) is 17.0. The number of aromatic hydroxyl groups is 1. The fraction of sp³-hybridized carbons (Fsp3) is 0.286. The van der Waals surface area contributed by atoms with Gasteiger partial charge in [-0.15, -0.1) is 0 Å². The molecule has 2 aliphatic heterocycles. The number of phenolic OH excluding ortho intramolecular Hbond substituents is 1. The summed E-state index contributed by atoms with van der Waals surface area (Å²) in [7, 11) is 0. The first-order valence-corrected chi connectivity index (χ1v) is 12.0. The van der Waals surface area contributed by atoms with Gasteiger partial charge in [0.25, 0.3) is 0 Å². The van der Waals surface area contributed by atoms with E-state index < -0.39 is 0 Å². The summed E-state index contributed by atoms with van der Waals surface area (Å²) in [4.78, 5) is 14.4. The number of nitrogens with zero attached hydrogens (tertiary/aromatic N) is 4. The highest BCUT2D eigenvalue weighted by Crippen LogP contribution is 2.33. The lowest BCUT2D eigenvalue weighted by Gasteiger charge is -2.35. The molecule has 0 spiro atoms. The van der Waals surface area contributed by atoms with E-state index in [1.54, 1.807) is 0 Å². The molecule has 0 bridgehead atoms. The summed E-state index contributed by atoms with van der Waals surface area (Å²) in [6.45, 7) is 8.78. The van der Waals surface area contributed by atoms with Gasteiger partial charge in [0.2, 0.25) is 6.79 Å². The van der Waals surface area contributed by atoms with Crippen molar-refractivity contribution in [2.75, 3.05) is 37.9 Å². The van der Waals surface area contributed by atoms with E-state index in [0.717, 1.165) is 83.3 Å². The van der Waals surface area contributed by atoms with Crippen molar-refractivity contribution in [1.82, 2.24) is 14.9 Å². The third-order valence-corrected chi connectivity index (χ3v) is 6.89. The lowest BCUT2D eigenvalue weighted by atomic mass is 9.99. The normalized spacial score (nSPS) is 15.7. The minimum Gasteiger partial charge on any atom is -0.507 e. The highest BCUT2D eigenvalue weighted by atomic mass is 16.7. The van der Waals surface area contributed by atoms with Crippen LogP contribution in [0.1, 0.15) is 16.7 Å². The molecule has 2 aliphatic rings. The summed E-state index contributed by atoms with van der Waals surface area (Å²) in [6, 6.07) is 16.4. The summed E-state index contributed by atoms with van der Waals surface area (Å²) in [5, 5.41) is 10.1. The minimum atomic E-state index is 0.306. The van der Waals surface area contributed by atoms with E-state index >= 15 is 0 Å². The third kappa shape index (κ3) is 4.23. The number of phenols is 1. The Morgan fingerprint density at radius 1 is 0.829 bits per heavy atom. The number of fused-ring (bicyclic) bond motifs is 2. The molecule has 6 rings (SSSR count). The van der Waals surface area contributed by atoms with Gasteiger partial charge in [0.05, 0.1) is 17.2 Å². The van der Waals surface area contributed by atoms with Crippen LogP contribution in [0.3, 0.4) is 0 Å². The summed E-state index contributed by atoms with van der Waals surface area (Å²) in [5.74, 6) is 2.93. The first kappa shape index (κ1) is 21.7. The monoisotopic (exact) mass is 468 g/mol. The van der Waals surface area contributed by atoms with Crippen molar-refractivity contribution in [3.05, 3.63) is 71.4 Å². The molecule has 1 fully saturated rings. The van der Waals surface area contributed by atoms with E-state index in [1.165, 1.54) is 5.56 Å². The average Bonchev–Trinajstić information content (AvgIpc) is 3.35. The van der Waals surface area contributed by atoms with Crippen LogP contribution in [-0.4, -0.2) is 52.9 Å². The van der Waals surface area contributed by atoms with Gasteiger partial charge in [-0.1, -0.05) is 12.1 Å². The molecule has 3 aromatic carbocycles. The first-order valence-electron chi connectivity index (χ1n) is 12.0. The topological polar surface area (TPSA) is 71.0 Å². The molecular weight excluding hydrogens is 440 g/mol. The van der Waals surface area contributed by atoms with E-state index in [0.29, 0.717) is 12.5 Å². The van der Waals surface area contributed by atoms with Crippen LogP contribution >= 0.6 is 0 Å². The number of rotatable bonds is 4. The van der Waals surface area contributed by atoms with Crippen molar-refractivity contribution in [2.45, 2.75) is 20.4 Å². The Morgan fingerprint density at radius 2 is 1.60 bits per heavy atom. The highest BCUT2D eigenvalue weighted by molar-refractivity contribution is 5.82. The maximum atomic E-state index is 10.1. The molecule has 178 valence electrons. The lowest BCUT2D eigenvalue weighted by molar-refractivity contribution is 0.174. The molecule has 0 saturated carbocycles. The van der Waals surface area contributed by atoms with E-state index in [4.69, 9.17) is 14.5 Å². The van der Waals surface area contributed by atoms with Gasteiger partial charge >= 0.3 is 0 Å². The zero-order valence-corrected chi connectivity index (χ0v) is 20.0. The Balaban J connectivity index is 1.17. The number of ether oxygens (including phenoxy) is 2. The molecule has 0 radical (unpaired) electrons. The zero-order valence-electron chi connectivity index (χ0n) is 20.0. The van der Waals surface area contributed by atoms with Crippen LogP contribution < -0.4 is 14.4 Å². The number of aromatic nitrogens is 2. The molecule has 0 atom stereocenters. The zero-order chi connectivity index (χ0) is 23.9. The van der Waals surface area contributed by atoms with Crippen LogP contribution in [0, 0.1) is 13.8 Å². The van der Waals surface area contributed by atoms with Gasteiger partial charge in [-0.3, -0.25) is 9.88 Å². The number of anilines is 1. The number of piperazine rings is 1. The van der Waals surface area contributed by atoms with Crippen LogP contribution in [-0.2, 0) is 6.54 Å². The van der Waals surface area contributed by atoms with E-state index in [-0.39, 0.29) is 0 Å². The van der Waals surface area contributed by atoms with Crippen LogP contribution in [0.2, 0.25) is 0 Å². The maximum Gasteiger partial charge on any atom is 0.231 e. The molecule has 35 heavy (non-hydrogen) atoms. The maximum absolute atomic E-state index is 10.1. The molecule has 4 aromatic rings. The summed E-state index contributed by atoms with van der Waals surface area (Å²) >= 11 is 0. The second-order valence-electron chi connectivity index (χ2n) is 9.34. The largest absolute Gasteiger partial charge is 0.507 e. The van der Waals surface area contributed by atoms with Crippen LogP contribution in [0.5, 0.6) is 17.2 Å². The Bertz CT molecular complexity index is 1390. The van der Waals surface area contributed by atoms with Crippen molar-refractivity contribution in [2.24, 2.45) is 0 Å². The summed E-state index contributed by atoms with van der Waals surface area (Å²) < 4.78 is 10.9. The van der Waals surface area contributed by atoms with Gasteiger partial charge in [0.15, 0.2) is 11.5 Å². The molecule has 0 amide bonds. The quantitative estimate of drug-likeness (QED) is 0.467.